The molecular formula is C38H53N5O7. The van der Waals surface area contributed by atoms with Crippen molar-refractivity contribution >= 4 is 17.8 Å². The summed E-state index contributed by atoms with van der Waals surface area (Å²) in [4.78, 5) is 43.6. The molecule has 2 fully saturated rings. The number of hydrogen-bond donors (Lipinski definition) is 1. The molecule has 2 aromatic heterocycles. The molecule has 0 bridgehead atoms. The van der Waals surface area contributed by atoms with Gasteiger partial charge < -0.3 is 28.9 Å². The summed E-state index contributed by atoms with van der Waals surface area (Å²) in [5.41, 5.74) is 2.35. The normalized spacial score (nSPS) is 20.5. The lowest BCUT2D eigenvalue weighted by atomic mass is 9.81. The Bertz CT molecular complexity index is 1630. The SMILES string of the molecule is CC(C)[C@@H](C(=O)N1C[C@H](O)C[C@H]1C(=O)C[C@@H](C)c1ccc(-c2ccnn2C)cc1)c1cc(OCC2(C)CCN(C(=O)OC(C)(C)C)CC2)no1. The predicted molar refractivity (Wildman–Crippen MR) is 188 cm³/mol. The van der Waals surface area contributed by atoms with Crippen molar-refractivity contribution in [3.8, 4) is 17.1 Å². The van der Waals surface area contributed by atoms with E-state index >= 15 is 0 Å². The number of carbonyl (C=O) groups is 3. The van der Waals surface area contributed by atoms with Gasteiger partial charge in [-0.1, -0.05) is 52.0 Å². The number of rotatable bonds is 11. The van der Waals surface area contributed by atoms with Crippen molar-refractivity contribution in [1.29, 1.82) is 0 Å². The molecule has 12 nitrogen and oxygen atoms in total. The first-order chi connectivity index (χ1) is 23.5. The molecule has 5 rings (SSSR count). The van der Waals surface area contributed by atoms with Crippen molar-refractivity contribution in [3.63, 3.8) is 0 Å². The zero-order valence-electron chi connectivity index (χ0n) is 30.7. The van der Waals surface area contributed by atoms with E-state index in [1.54, 1.807) is 17.2 Å². The van der Waals surface area contributed by atoms with Gasteiger partial charge >= 0.3 is 6.09 Å². The molecule has 272 valence electrons. The average Bonchev–Trinajstić information content (AvgIpc) is 3.79. The van der Waals surface area contributed by atoms with Gasteiger partial charge in [-0.2, -0.15) is 5.10 Å². The number of piperidine rings is 1. The van der Waals surface area contributed by atoms with Crippen LogP contribution in [0.5, 0.6) is 5.88 Å². The maximum atomic E-state index is 14.1. The minimum atomic E-state index is -0.787. The van der Waals surface area contributed by atoms with Gasteiger partial charge in [-0.3, -0.25) is 14.3 Å². The first kappa shape index (κ1) is 37.1. The number of amides is 2. The number of Topliss-reactive ketones (excluding diaryl/α,β-unsaturated/α-hetero) is 1. The third-order valence-corrected chi connectivity index (χ3v) is 9.97. The van der Waals surface area contributed by atoms with Crippen molar-refractivity contribution < 1.29 is 33.5 Å². The number of aliphatic hydroxyl groups excluding tert-OH is 1. The standard InChI is InChI=1S/C38H53N5O7/c1-24(2)34(32-21-33(40-50-32)48-23-38(7)14-17-42(18-15-38)36(47)49-37(4,5)6)35(46)43-22-28(44)20-30(43)31(45)19-25(3)26-9-11-27(12-10-26)29-13-16-39-41(29)8/h9-13,16,21,24-25,28,30,34,44H,14-15,17-20,22-23H2,1-8H3/t25-,28-,30+,34-/m1/s1. The fourth-order valence-electron chi connectivity index (χ4n) is 6.91. The Kier molecular flexibility index (Phi) is 11.1. The average molecular weight is 692 g/mol. The number of ether oxygens (including phenoxy) is 2. The number of nitrogens with zero attached hydrogens (tertiary/aromatic N) is 5. The number of hydrogen-bond acceptors (Lipinski definition) is 9. The fraction of sp³-hybridized carbons (Fsp3) is 0.605. The van der Waals surface area contributed by atoms with Gasteiger partial charge in [-0.05, 0) is 67.8 Å². The van der Waals surface area contributed by atoms with Crippen molar-refractivity contribution in [1.82, 2.24) is 24.7 Å². The van der Waals surface area contributed by atoms with Gasteiger partial charge in [0.1, 0.15) is 11.5 Å². The zero-order chi connectivity index (χ0) is 36.4. The molecule has 0 unspecified atom stereocenters. The monoisotopic (exact) mass is 691 g/mol. The van der Waals surface area contributed by atoms with E-state index in [9.17, 15) is 19.5 Å². The number of aliphatic hydroxyl groups is 1. The van der Waals surface area contributed by atoms with Crippen LogP contribution in [0.25, 0.3) is 11.3 Å². The Balaban J connectivity index is 1.19. The highest BCUT2D eigenvalue weighted by atomic mass is 16.6. The first-order valence-corrected chi connectivity index (χ1v) is 17.7. The molecule has 12 heteroatoms. The van der Waals surface area contributed by atoms with Crippen LogP contribution in [0.4, 0.5) is 4.79 Å². The Morgan fingerprint density at radius 3 is 2.36 bits per heavy atom. The molecule has 4 heterocycles. The second kappa shape index (κ2) is 15.0. The van der Waals surface area contributed by atoms with Crippen LogP contribution in [0.3, 0.4) is 0 Å². The van der Waals surface area contributed by atoms with E-state index in [2.05, 4.69) is 17.2 Å². The van der Waals surface area contributed by atoms with Gasteiger partial charge in [0.2, 0.25) is 5.91 Å². The maximum absolute atomic E-state index is 14.1. The molecule has 2 aliphatic heterocycles. The van der Waals surface area contributed by atoms with E-state index in [-0.39, 0.29) is 60.3 Å². The highest BCUT2D eigenvalue weighted by molar-refractivity contribution is 5.92. The van der Waals surface area contributed by atoms with Crippen molar-refractivity contribution in [3.05, 3.63) is 53.9 Å². The van der Waals surface area contributed by atoms with Gasteiger partial charge in [0.05, 0.1) is 24.4 Å². The summed E-state index contributed by atoms with van der Waals surface area (Å²) >= 11 is 0. The summed E-state index contributed by atoms with van der Waals surface area (Å²) in [6.07, 6.45) is 2.60. The van der Waals surface area contributed by atoms with Crippen LogP contribution in [-0.4, -0.2) is 91.6 Å². The molecule has 0 aliphatic carbocycles. The minimum Gasteiger partial charge on any atom is -0.475 e. The summed E-state index contributed by atoms with van der Waals surface area (Å²) in [6.45, 7) is 15.1. The Morgan fingerprint density at radius 2 is 1.76 bits per heavy atom. The Labute approximate surface area is 295 Å². The molecule has 1 N–H and O–H groups in total. The van der Waals surface area contributed by atoms with E-state index in [1.807, 2.05) is 83.6 Å². The van der Waals surface area contributed by atoms with E-state index < -0.39 is 23.7 Å². The fourth-order valence-corrected chi connectivity index (χ4v) is 6.91. The van der Waals surface area contributed by atoms with E-state index in [4.69, 9.17) is 14.0 Å². The lowest BCUT2D eigenvalue weighted by Gasteiger charge is -2.39. The van der Waals surface area contributed by atoms with Crippen LogP contribution in [0.15, 0.2) is 47.1 Å². The number of likely N-dealkylation sites (tertiary alicyclic amines) is 2. The molecule has 2 aliphatic rings. The van der Waals surface area contributed by atoms with E-state index in [0.29, 0.717) is 25.5 Å². The topological polar surface area (TPSA) is 140 Å². The maximum Gasteiger partial charge on any atom is 0.410 e. The first-order valence-electron chi connectivity index (χ1n) is 17.7. The van der Waals surface area contributed by atoms with Crippen LogP contribution in [-0.2, 0) is 21.4 Å². The van der Waals surface area contributed by atoms with Crippen molar-refractivity contribution in [2.24, 2.45) is 18.4 Å². The second-order valence-electron chi connectivity index (χ2n) is 15.8. The molecule has 0 spiro atoms. The van der Waals surface area contributed by atoms with Gasteiger partial charge in [-0.15, -0.1) is 0 Å². The van der Waals surface area contributed by atoms with Crippen molar-refractivity contribution in [2.45, 2.75) is 104 Å². The summed E-state index contributed by atoms with van der Waals surface area (Å²) < 4.78 is 19.1. The van der Waals surface area contributed by atoms with Crippen LogP contribution in [0.1, 0.15) is 97.3 Å². The highest BCUT2D eigenvalue weighted by Crippen LogP contribution is 2.36. The molecule has 1 aromatic carbocycles. The largest absolute Gasteiger partial charge is 0.475 e. The van der Waals surface area contributed by atoms with Crippen LogP contribution in [0.2, 0.25) is 0 Å². The molecule has 3 aromatic rings. The number of ketones is 1. The lowest BCUT2D eigenvalue weighted by Crippen LogP contribution is -2.46. The molecule has 0 radical (unpaired) electrons. The van der Waals surface area contributed by atoms with Crippen LogP contribution in [0, 0.1) is 11.3 Å². The van der Waals surface area contributed by atoms with Crippen molar-refractivity contribution in [2.75, 3.05) is 26.2 Å². The summed E-state index contributed by atoms with van der Waals surface area (Å²) in [6, 6.07) is 11.0. The molecule has 2 saturated heterocycles. The number of carbonyl (C=O) groups excluding carboxylic acids is 3. The zero-order valence-corrected chi connectivity index (χ0v) is 30.7. The Hall–Kier alpha value is -4.19. The molecular weight excluding hydrogens is 638 g/mol. The van der Waals surface area contributed by atoms with Gasteiger partial charge in [0.15, 0.2) is 11.5 Å². The highest BCUT2D eigenvalue weighted by Gasteiger charge is 2.43. The number of β-amino-alcohol motifs (C(OH)–C–C–N with tert-alkyl or cyclic N) is 1. The second-order valence-corrected chi connectivity index (χ2v) is 15.8. The molecule has 4 atom stereocenters. The molecule has 50 heavy (non-hydrogen) atoms. The molecule has 0 saturated carbocycles. The van der Waals surface area contributed by atoms with Crippen LogP contribution >= 0.6 is 0 Å². The third-order valence-electron chi connectivity index (χ3n) is 9.97. The predicted octanol–water partition coefficient (Wildman–Crippen LogP) is 5.96. The smallest absolute Gasteiger partial charge is 0.410 e. The lowest BCUT2D eigenvalue weighted by molar-refractivity contribution is -0.140. The van der Waals surface area contributed by atoms with Crippen LogP contribution < -0.4 is 4.74 Å². The van der Waals surface area contributed by atoms with Gasteiger partial charge in [-0.25, -0.2) is 4.79 Å². The third kappa shape index (κ3) is 8.75. The number of aromatic nitrogens is 3. The number of aryl methyl sites for hydroxylation is 1. The van der Waals surface area contributed by atoms with E-state index in [1.165, 1.54) is 4.90 Å². The summed E-state index contributed by atoms with van der Waals surface area (Å²) in [5.74, 6) is -0.640. The summed E-state index contributed by atoms with van der Waals surface area (Å²) in [5, 5.41) is 19.0. The van der Waals surface area contributed by atoms with Gasteiger partial charge in [0.25, 0.3) is 5.88 Å². The Morgan fingerprint density at radius 1 is 1.08 bits per heavy atom. The van der Waals surface area contributed by atoms with Gasteiger partial charge in [0, 0.05) is 57.2 Å². The summed E-state index contributed by atoms with van der Waals surface area (Å²) in [7, 11) is 1.90. The van der Waals surface area contributed by atoms with E-state index in [0.717, 1.165) is 29.7 Å². The quantitative estimate of drug-likeness (QED) is 0.258. The number of benzene rings is 1. The molecule has 2 amide bonds. The minimum absolute atomic E-state index is 0.0703.